The van der Waals surface area contributed by atoms with Gasteiger partial charge < -0.3 is 37.9 Å². The Morgan fingerprint density at radius 3 is 1.33 bits per heavy atom. The molecule has 1 saturated heterocycles. The van der Waals surface area contributed by atoms with Gasteiger partial charge in [-0.1, -0.05) is 140 Å². The van der Waals surface area contributed by atoms with E-state index in [1.54, 1.807) is 0 Å². The van der Waals surface area contributed by atoms with Gasteiger partial charge in [0, 0.05) is 19.3 Å². The molecule has 1 fully saturated rings. The summed E-state index contributed by atoms with van der Waals surface area (Å²) in [6.07, 6.45) is 53.4. The Labute approximate surface area is 324 Å². The number of allylic oxidation sites excluding steroid dienone is 8. The molecule has 3 nitrogen and oxygen atoms in total. The second-order valence-electron chi connectivity index (χ2n) is 15.4. The number of unbranched alkanes of at least 4 members (excludes halogenated alkanes) is 18. The van der Waals surface area contributed by atoms with E-state index < -0.39 is 0 Å². The first kappa shape index (κ1) is 48.6. The normalized spacial score (nSPS) is 18.6. The van der Waals surface area contributed by atoms with Crippen molar-refractivity contribution in [3.8, 4) is 0 Å². The number of halogens is 1. The number of ether oxygens (including phenoxy) is 2. The van der Waals surface area contributed by atoms with Gasteiger partial charge in [0.2, 0.25) is 0 Å². The Morgan fingerprint density at radius 2 is 0.918 bits per heavy atom. The fourth-order valence-corrected chi connectivity index (χ4v) is 6.56. The molecule has 0 aromatic carbocycles. The van der Waals surface area contributed by atoms with Gasteiger partial charge in [-0.3, -0.25) is 0 Å². The molecule has 1 aliphatic heterocycles. The summed E-state index contributed by atoms with van der Waals surface area (Å²) in [5.74, 6) is -0.321. The summed E-state index contributed by atoms with van der Waals surface area (Å²) in [7, 11) is 4.66. The van der Waals surface area contributed by atoms with Crippen molar-refractivity contribution >= 4 is 0 Å². The summed E-state index contributed by atoms with van der Waals surface area (Å²) in [6, 6.07) is 0. The van der Waals surface area contributed by atoms with Crippen molar-refractivity contribution in [3.63, 3.8) is 0 Å². The van der Waals surface area contributed by atoms with Crippen LogP contribution in [0.4, 0.5) is 0 Å². The van der Waals surface area contributed by atoms with Crippen LogP contribution in [-0.2, 0) is 9.47 Å². The third kappa shape index (κ3) is 29.8. The van der Waals surface area contributed by atoms with Crippen molar-refractivity contribution in [1.29, 1.82) is 0 Å². The van der Waals surface area contributed by atoms with E-state index in [0.29, 0.717) is 0 Å². The molecule has 1 aliphatic rings. The van der Waals surface area contributed by atoms with Crippen LogP contribution in [0.25, 0.3) is 0 Å². The molecule has 0 spiro atoms. The third-order valence-corrected chi connectivity index (χ3v) is 10.3. The highest BCUT2D eigenvalue weighted by Gasteiger charge is 2.40. The van der Waals surface area contributed by atoms with E-state index >= 15 is 0 Å². The molecule has 0 saturated carbocycles. The Bertz CT molecular complexity index is 769. The van der Waals surface area contributed by atoms with Crippen LogP contribution in [0.5, 0.6) is 0 Å². The number of hydrogen-bond donors (Lipinski definition) is 0. The van der Waals surface area contributed by atoms with Gasteiger partial charge in [-0.25, -0.2) is 0 Å². The molecule has 0 radical (unpaired) electrons. The third-order valence-electron chi connectivity index (χ3n) is 10.3. The van der Waals surface area contributed by atoms with Crippen molar-refractivity contribution in [2.45, 2.75) is 206 Å². The molecule has 1 unspecified atom stereocenters. The smallest absolute Gasteiger partial charge is 0.168 e. The first-order chi connectivity index (χ1) is 23.5. The molecule has 4 heteroatoms. The first-order valence-electron chi connectivity index (χ1n) is 21.2. The summed E-state index contributed by atoms with van der Waals surface area (Å²) >= 11 is 0. The Hall–Kier alpha value is -0.430. The second-order valence-corrected chi connectivity index (χ2v) is 15.4. The van der Waals surface area contributed by atoms with Crippen LogP contribution in [-0.4, -0.2) is 50.2 Å². The molecule has 0 aromatic heterocycles. The Balaban J connectivity index is 0.0000230. The van der Waals surface area contributed by atoms with E-state index in [1.807, 2.05) is 0 Å². The van der Waals surface area contributed by atoms with Gasteiger partial charge in [0.1, 0.15) is 0 Å². The van der Waals surface area contributed by atoms with Gasteiger partial charge in [0.05, 0.1) is 39.9 Å². The highest BCUT2D eigenvalue weighted by atomic mass is 127. The van der Waals surface area contributed by atoms with Crippen LogP contribution >= 0.6 is 0 Å². The van der Waals surface area contributed by atoms with E-state index in [9.17, 15) is 0 Å². The Morgan fingerprint density at radius 1 is 0.531 bits per heavy atom. The van der Waals surface area contributed by atoms with Crippen molar-refractivity contribution in [3.05, 3.63) is 48.6 Å². The zero-order valence-electron chi connectivity index (χ0n) is 33.6. The highest BCUT2D eigenvalue weighted by Crippen LogP contribution is 2.36. The fraction of sp³-hybridized carbons (Fsp3) is 0.822. The molecule has 0 bridgehead atoms. The summed E-state index contributed by atoms with van der Waals surface area (Å²) in [4.78, 5) is 0. The van der Waals surface area contributed by atoms with Gasteiger partial charge in [-0.15, -0.1) is 0 Å². The summed E-state index contributed by atoms with van der Waals surface area (Å²) in [5.41, 5.74) is 0. The summed E-state index contributed by atoms with van der Waals surface area (Å²) in [5, 5.41) is 0. The standard InChI is InChI=1S/C45H84NO2.HI/c1-6-9-11-13-15-17-19-21-23-25-27-29-31-33-35-37-40-45(47-43-44(48-45)39-42-46(4,5)8-3)41-38-36-34-32-30-28-26-24-22-20-18-16-14-12-10-7-2;/h15-18,21-24,44H,6-14,19-20,25-43H2,1-5H3;1H/q+1;/p-1. The molecule has 1 rings (SSSR count). The molecular formula is C45H84INO2. The lowest BCUT2D eigenvalue weighted by molar-refractivity contribution is -0.889. The maximum Gasteiger partial charge on any atom is 0.168 e. The van der Waals surface area contributed by atoms with Crippen molar-refractivity contribution < 1.29 is 37.9 Å². The maximum absolute atomic E-state index is 6.78. The molecular weight excluding hydrogens is 713 g/mol. The van der Waals surface area contributed by atoms with Gasteiger partial charge in [-0.2, -0.15) is 0 Å². The summed E-state index contributed by atoms with van der Waals surface area (Å²) in [6.45, 7) is 9.94. The number of hydrogen-bond acceptors (Lipinski definition) is 2. The molecule has 1 heterocycles. The Kier molecular flexibility index (Phi) is 34.3. The molecule has 0 amide bonds. The molecule has 0 N–H and O–H groups in total. The topological polar surface area (TPSA) is 18.5 Å². The van der Waals surface area contributed by atoms with Crippen LogP contribution in [0.15, 0.2) is 48.6 Å². The monoisotopic (exact) mass is 798 g/mol. The lowest BCUT2D eigenvalue weighted by Gasteiger charge is -2.31. The minimum atomic E-state index is -0.321. The minimum Gasteiger partial charge on any atom is -1.00 e. The SMILES string of the molecule is CCCCCC=CCC=CCCCCCCCCC1(CCCCCCCCC=CCC=CCCCCC)OCC(CC[N+](C)(C)CC)O1.[I-]. The largest absolute Gasteiger partial charge is 1.00 e. The van der Waals surface area contributed by atoms with Crippen LogP contribution < -0.4 is 24.0 Å². The predicted molar refractivity (Wildman–Crippen MR) is 214 cm³/mol. The molecule has 49 heavy (non-hydrogen) atoms. The van der Waals surface area contributed by atoms with Crippen LogP contribution in [0, 0.1) is 0 Å². The highest BCUT2D eigenvalue weighted by molar-refractivity contribution is 4.93. The minimum absolute atomic E-state index is 0. The van der Waals surface area contributed by atoms with Crippen molar-refractivity contribution in [2.75, 3.05) is 33.8 Å². The average Bonchev–Trinajstić information content (AvgIpc) is 3.50. The zero-order chi connectivity index (χ0) is 34.9. The van der Waals surface area contributed by atoms with Crippen molar-refractivity contribution in [1.82, 2.24) is 0 Å². The molecule has 288 valence electrons. The summed E-state index contributed by atoms with van der Waals surface area (Å²) < 4.78 is 14.4. The van der Waals surface area contributed by atoms with E-state index in [0.717, 1.165) is 49.7 Å². The van der Waals surface area contributed by atoms with E-state index in [2.05, 4.69) is 83.5 Å². The molecule has 0 aliphatic carbocycles. The van der Waals surface area contributed by atoms with Gasteiger partial charge in [0.15, 0.2) is 5.79 Å². The predicted octanol–water partition coefficient (Wildman–Crippen LogP) is 11.0. The van der Waals surface area contributed by atoms with E-state index in [1.165, 1.54) is 148 Å². The van der Waals surface area contributed by atoms with E-state index in [4.69, 9.17) is 9.47 Å². The van der Waals surface area contributed by atoms with Gasteiger partial charge in [-0.05, 0) is 84.0 Å². The lowest BCUT2D eigenvalue weighted by Crippen LogP contribution is -3.00. The first-order valence-corrected chi connectivity index (χ1v) is 21.2. The maximum atomic E-state index is 6.78. The van der Waals surface area contributed by atoms with Crippen LogP contribution in [0.2, 0.25) is 0 Å². The number of rotatable bonds is 34. The van der Waals surface area contributed by atoms with E-state index in [-0.39, 0.29) is 35.9 Å². The second kappa shape index (κ2) is 34.6. The van der Waals surface area contributed by atoms with Crippen LogP contribution in [0.1, 0.15) is 194 Å². The lowest BCUT2D eigenvalue weighted by atomic mass is 9.98. The quantitative estimate of drug-likeness (QED) is 0.0279. The fourth-order valence-electron chi connectivity index (χ4n) is 6.56. The number of quaternary nitrogens is 1. The van der Waals surface area contributed by atoms with Gasteiger partial charge in [0.25, 0.3) is 0 Å². The molecule has 1 atom stereocenters. The number of nitrogens with zero attached hydrogens (tertiary/aromatic N) is 1. The molecule has 0 aromatic rings. The average molecular weight is 798 g/mol. The zero-order valence-corrected chi connectivity index (χ0v) is 35.7. The van der Waals surface area contributed by atoms with Crippen molar-refractivity contribution in [2.24, 2.45) is 0 Å². The van der Waals surface area contributed by atoms with Gasteiger partial charge >= 0.3 is 0 Å². The van der Waals surface area contributed by atoms with Crippen LogP contribution in [0.3, 0.4) is 0 Å².